The number of thiocarbonyl (C=S) groups is 1. The number of benzene rings is 2. The van der Waals surface area contributed by atoms with Crippen molar-refractivity contribution in [1.82, 2.24) is 10.6 Å². The fraction of sp³-hybridized carbons (Fsp3) is 0.375. The fourth-order valence-electron chi connectivity index (χ4n) is 2.88. The van der Waals surface area contributed by atoms with Crippen molar-refractivity contribution in [3.63, 3.8) is 0 Å². The van der Waals surface area contributed by atoms with Crippen LogP contribution >= 0.6 is 12.2 Å². The zero-order chi connectivity index (χ0) is 22.6. The summed E-state index contributed by atoms with van der Waals surface area (Å²) in [7, 11) is 0. The highest BCUT2D eigenvalue weighted by Crippen LogP contribution is 2.16. The van der Waals surface area contributed by atoms with Gasteiger partial charge < -0.3 is 15.4 Å². The highest BCUT2D eigenvalue weighted by Gasteiger charge is 2.14. The molecule has 0 aliphatic carbocycles. The predicted molar refractivity (Wildman–Crippen MR) is 129 cm³/mol. The molecule has 0 heterocycles. The molecule has 0 aliphatic rings. The lowest BCUT2D eigenvalue weighted by atomic mass is 10.1. The van der Waals surface area contributed by atoms with Crippen LogP contribution in [-0.2, 0) is 0 Å². The molecule has 0 aliphatic heterocycles. The van der Waals surface area contributed by atoms with Gasteiger partial charge in [0.25, 0.3) is 11.8 Å². The predicted octanol–water partition coefficient (Wildman–Crippen LogP) is 4.91. The fourth-order valence-corrected chi connectivity index (χ4v) is 3.08. The Kier molecular flexibility index (Phi) is 9.97. The van der Waals surface area contributed by atoms with E-state index in [0.29, 0.717) is 23.4 Å². The average molecular weight is 442 g/mol. The molecule has 0 spiro atoms. The lowest BCUT2D eigenvalue weighted by Crippen LogP contribution is -2.35. The van der Waals surface area contributed by atoms with Crippen LogP contribution in [0.25, 0.3) is 0 Å². The van der Waals surface area contributed by atoms with Crippen LogP contribution in [0.2, 0.25) is 0 Å². The number of para-hydroxylation sites is 1. The van der Waals surface area contributed by atoms with Gasteiger partial charge in [0.2, 0.25) is 0 Å². The maximum atomic E-state index is 12.5. The molecule has 0 atom stereocenters. The van der Waals surface area contributed by atoms with Crippen LogP contribution in [0.3, 0.4) is 0 Å². The van der Waals surface area contributed by atoms with Gasteiger partial charge in [0.15, 0.2) is 5.11 Å². The number of hydrogen-bond donors (Lipinski definition) is 3. The van der Waals surface area contributed by atoms with Crippen molar-refractivity contribution in [3.05, 3.63) is 59.7 Å². The molecule has 2 rings (SSSR count). The molecule has 0 fully saturated rings. The normalized spacial score (nSPS) is 10.5. The third-order valence-electron chi connectivity index (χ3n) is 4.45. The van der Waals surface area contributed by atoms with Gasteiger partial charge in [-0.25, -0.2) is 0 Å². The van der Waals surface area contributed by atoms with Crippen LogP contribution < -0.4 is 20.7 Å². The summed E-state index contributed by atoms with van der Waals surface area (Å²) < 4.78 is 5.70. The van der Waals surface area contributed by atoms with Gasteiger partial charge in [-0.05, 0) is 68.9 Å². The number of hydrogen-bond acceptors (Lipinski definition) is 4. The highest BCUT2D eigenvalue weighted by atomic mass is 32.1. The van der Waals surface area contributed by atoms with E-state index in [0.717, 1.165) is 18.6 Å². The van der Waals surface area contributed by atoms with E-state index in [9.17, 15) is 9.59 Å². The van der Waals surface area contributed by atoms with Crippen molar-refractivity contribution < 1.29 is 14.3 Å². The third kappa shape index (κ3) is 8.38. The Labute approximate surface area is 189 Å². The standard InChI is InChI=1S/C24H31N3O3S/c1-4-5-6-9-16-30-19-14-12-18(13-15-19)22(28)27-24(31)26-21-11-8-7-10-20(21)23(29)25-17(2)3/h7-8,10-15,17H,4-6,9,16H2,1-3H3,(H,25,29)(H2,26,27,28,31). The second kappa shape index (κ2) is 12.7. The molecule has 2 amide bonds. The van der Waals surface area contributed by atoms with Gasteiger partial charge in [-0.3, -0.25) is 14.9 Å². The van der Waals surface area contributed by atoms with Gasteiger partial charge in [-0.1, -0.05) is 38.3 Å². The number of ether oxygens (including phenoxy) is 1. The van der Waals surface area contributed by atoms with E-state index in [1.807, 2.05) is 13.8 Å². The summed E-state index contributed by atoms with van der Waals surface area (Å²) in [6.45, 7) is 6.63. The van der Waals surface area contributed by atoms with Crippen molar-refractivity contribution in [1.29, 1.82) is 0 Å². The lowest BCUT2D eigenvalue weighted by molar-refractivity contribution is 0.0942. The number of carbonyl (C=O) groups is 2. The molecular weight excluding hydrogens is 410 g/mol. The Bertz CT molecular complexity index is 882. The van der Waals surface area contributed by atoms with Crippen LogP contribution in [0.4, 0.5) is 5.69 Å². The molecule has 3 N–H and O–H groups in total. The van der Waals surface area contributed by atoms with E-state index < -0.39 is 0 Å². The summed E-state index contributed by atoms with van der Waals surface area (Å²) in [4.78, 5) is 24.9. The van der Waals surface area contributed by atoms with Gasteiger partial charge in [-0.2, -0.15) is 0 Å². The zero-order valence-corrected chi connectivity index (χ0v) is 19.2. The lowest BCUT2D eigenvalue weighted by Gasteiger charge is -2.15. The minimum Gasteiger partial charge on any atom is -0.494 e. The first-order valence-corrected chi connectivity index (χ1v) is 11.1. The van der Waals surface area contributed by atoms with E-state index in [2.05, 4.69) is 22.9 Å². The smallest absolute Gasteiger partial charge is 0.257 e. The molecule has 7 heteroatoms. The van der Waals surface area contributed by atoms with Crippen LogP contribution in [0.5, 0.6) is 5.75 Å². The van der Waals surface area contributed by atoms with Crippen molar-refractivity contribution in [2.75, 3.05) is 11.9 Å². The number of unbranched alkanes of at least 4 members (excludes halogenated alkanes) is 3. The molecule has 6 nitrogen and oxygen atoms in total. The first-order chi connectivity index (χ1) is 14.9. The summed E-state index contributed by atoms with van der Waals surface area (Å²) in [5.41, 5.74) is 1.44. The quantitative estimate of drug-likeness (QED) is 0.361. The third-order valence-corrected chi connectivity index (χ3v) is 4.65. The second-order valence-electron chi connectivity index (χ2n) is 7.52. The van der Waals surface area contributed by atoms with Crippen molar-refractivity contribution in [2.45, 2.75) is 52.5 Å². The molecule has 0 saturated carbocycles. The second-order valence-corrected chi connectivity index (χ2v) is 7.92. The Morgan fingerprint density at radius 1 is 0.968 bits per heavy atom. The van der Waals surface area contributed by atoms with Crippen LogP contribution in [0.15, 0.2) is 48.5 Å². The SMILES string of the molecule is CCCCCCOc1ccc(C(=O)NC(=S)Nc2ccccc2C(=O)NC(C)C)cc1. The van der Waals surface area contributed by atoms with Gasteiger partial charge in [0, 0.05) is 11.6 Å². The zero-order valence-electron chi connectivity index (χ0n) is 18.4. The highest BCUT2D eigenvalue weighted by molar-refractivity contribution is 7.80. The Morgan fingerprint density at radius 2 is 1.68 bits per heavy atom. The molecule has 0 saturated heterocycles. The number of amides is 2. The average Bonchev–Trinajstić information content (AvgIpc) is 2.73. The Balaban J connectivity index is 1.90. The topological polar surface area (TPSA) is 79.5 Å². The van der Waals surface area contributed by atoms with E-state index in [1.54, 1.807) is 48.5 Å². The van der Waals surface area contributed by atoms with Crippen molar-refractivity contribution >= 4 is 34.8 Å². The van der Waals surface area contributed by atoms with Crippen LogP contribution in [0.1, 0.15) is 67.2 Å². The van der Waals surface area contributed by atoms with Gasteiger partial charge in [-0.15, -0.1) is 0 Å². The summed E-state index contributed by atoms with van der Waals surface area (Å²) in [5, 5.41) is 8.55. The Hall–Kier alpha value is -2.93. The van der Waals surface area contributed by atoms with E-state index in [-0.39, 0.29) is 23.0 Å². The molecule has 31 heavy (non-hydrogen) atoms. The summed E-state index contributed by atoms with van der Waals surface area (Å²) in [6.07, 6.45) is 4.58. The van der Waals surface area contributed by atoms with Crippen LogP contribution in [0, 0.1) is 0 Å². The molecule has 166 valence electrons. The molecule has 0 radical (unpaired) electrons. The minimum atomic E-state index is -0.337. The Morgan fingerprint density at radius 3 is 2.35 bits per heavy atom. The molecule has 2 aromatic carbocycles. The molecule has 0 aromatic heterocycles. The van der Waals surface area contributed by atoms with E-state index in [4.69, 9.17) is 17.0 Å². The van der Waals surface area contributed by atoms with Gasteiger partial charge in [0.05, 0.1) is 17.9 Å². The summed E-state index contributed by atoms with van der Waals surface area (Å²) in [5.74, 6) is 0.187. The first kappa shape index (κ1) is 24.3. The number of anilines is 1. The van der Waals surface area contributed by atoms with Crippen LogP contribution in [-0.4, -0.2) is 29.6 Å². The van der Waals surface area contributed by atoms with E-state index in [1.165, 1.54) is 12.8 Å². The first-order valence-electron chi connectivity index (χ1n) is 10.7. The molecule has 0 unspecified atom stereocenters. The molecule has 0 bridgehead atoms. The maximum absolute atomic E-state index is 12.5. The van der Waals surface area contributed by atoms with Crippen molar-refractivity contribution in [3.8, 4) is 5.75 Å². The number of nitrogens with one attached hydrogen (secondary N) is 3. The molecular formula is C24H31N3O3S. The summed E-state index contributed by atoms with van der Waals surface area (Å²) in [6, 6.07) is 14.0. The molecule has 2 aromatic rings. The number of carbonyl (C=O) groups excluding carboxylic acids is 2. The summed E-state index contributed by atoms with van der Waals surface area (Å²) >= 11 is 5.26. The van der Waals surface area contributed by atoms with Gasteiger partial charge >= 0.3 is 0 Å². The number of rotatable bonds is 10. The van der Waals surface area contributed by atoms with Crippen molar-refractivity contribution in [2.24, 2.45) is 0 Å². The van der Waals surface area contributed by atoms with E-state index >= 15 is 0 Å². The largest absolute Gasteiger partial charge is 0.494 e. The maximum Gasteiger partial charge on any atom is 0.257 e. The van der Waals surface area contributed by atoms with Gasteiger partial charge in [0.1, 0.15) is 5.75 Å². The monoisotopic (exact) mass is 441 g/mol. The minimum absolute atomic E-state index is 0.00972.